The maximum absolute atomic E-state index is 13.2. The fourth-order valence-electron chi connectivity index (χ4n) is 4.11. The molecule has 0 bridgehead atoms. The topological polar surface area (TPSA) is 66.1 Å². The molecule has 1 aromatic carbocycles. The minimum absolute atomic E-state index is 0.406. The van der Waals surface area contributed by atoms with E-state index in [0.717, 1.165) is 28.6 Å². The molecule has 0 saturated carbocycles. The van der Waals surface area contributed by atoms with Gasteiger partial charge in [0.2, 0.25) is 10.0 Å². The first-order valence-corrected chi connectivity index (χ1v) is 11.0. The molecule has 1 aliphatic heterocycles. The summed E-state index contributed by atoms with van der Waals surface area (Å²) >= 11 is 0. The van der Waals surface area contributed by atoms with Gasteiger partial charge in [-0.05, 0) is 54.2 Å². The molecule has 3 heterocycles. The Hall–Kier alpha value is -2.70. The van der Waals surface area contributed by atoms with E-state index in [2.05, 4.69) is 16.0 Å². The highest BCUT2D eigenvalue weighted by atomic mass is 32.2. The maximum atomic E-state index is 13.2. The number of nitrogens with zero attached hydrogens (tertiary/aromatic N) is 2. The largest absolute Gasteiger partial charge is 0.346 e. The van der Waals surface area contributed by atoms with Gasteiger partial charge in [-0.25, -0.2) is 13.4 Å². The normalized spacial score (nSPS) is 17.9. The third-order valence-corrected chi connectivity index (χ3v) is 7.65. The smallest absolute Gasteiger partial charge is 0.239 e. The molecule has 5 nitrogen and oxygen atoms in total. The van der Waals surface area contributed by atoms with Crippen molar-refractivity contribution < 1.29 is 8.42 Å². The average Bonchev–Trinajstić information content (AvgIpc) is 3.17. The van der Waals surface area contributed by atoms with Crippen LogP contribution in [0, 0.1) is 0 Å². The summed E-state index contributed by atoms with van der Waals surface area (Å²) in [7, 11) is -3.43. The van der Waals surface area contributed by atoms with Crippen LogP contribution in [0.2, 0.25) is 0 Å². The van der Waals surface area contributed by atoms with E-state index in [0.29, 0.717) is 30.8 Å². The van der Waals surface area contributed by atoms with Crippen molar-refractivity contribution in [3.63, 3.8) is 0 Å². The van der Waals surface area contributed by atoms with Gasteiger partial charge in [-0.15, -0.1) is 0 Å². The van der Waals surface area contributed by atoms with Gasteiger partial charge < -0.3 is 4.98 Å². The monoisotopic (exact) mass is 391 g/mol. The number of hydrogen-bond donors (Lipinski definition) is 1. The van der Waals surface area contributed by atoms with Crippen LogP contribution in [0.1, 0.15) is 29.5 Å². The van der Waals surface area contributed by atoms with E-state index in [-0.39, 0.29) is 0 Å². The van der Waals surface area contributed by atoms with Crippen molar-refractivity contribution in [2.75, 3.05) is 13.1 Å². The summed E-state index contributed by atoms with van der Waals surface area (Å²) in [6.45, 7) is 0.906. The number of aryl methyl sites for hydroxylation is 1. The zero-order valence-corrected chi connectivity index (χ0v) is 16.2. The quantitative estimate of drug-likeness (QED) is 0.735. The van der Waals surface area contributed by atoms with Crippen LogP contribution in [0.4, 0.5) is 0 Å². The fraction of sp³-hybridized carbons (Fsp3) is 0.227. The van der Waals surface area contributed by atoms with Crippen molar-refractivity contribution in [2.45, 2.75) is 19.3 Å². The number of benzene rings is 1. The molecule has 1 N–H and O–H groups in total. The molecule has 5 rings (SSSR count). The molecule has 0 unspecified atom stereocenters. The number of H-pyrrole nitrogens is 1. The number of fused-ring (bicyclic) bond motifs is 2. The average molecular weight is 391 g/mol. The number of nitrogens with one attached hydrogen (secondary N) is 1. The molecular formula is C22H21N3O2S. The number of hydrogen-bond acceptors (Lipinski definition) is 3. The lowest BCUT2D eigenvalue weighted by Gasteiger charge is -2.28. The summed E-state index contributed by atoms with van der Waals surface area (Å²) < 4.78 is 27.9. The SMILES string of the molecule is O=S(=O)(C1=Cc2ccccc2CC1)N1CC=C(c2c[nH]c3ncccc23)CC1. The summed E-state index contributed by atoms with van der Waals surface area (Å²) in [6, 6.07) is 12.0. The molecule has 1 aliphatic carbocycles. The maximum Gasteiger partial charge on any atom is 0.239 e. The predicted octanol–water partition coefficient (Wildman–Crippen LogP) is 3.97. The molecule has 0 spiro atoms. The third kappa shape index (κ3) is 2.89. The number of sulfonamides is 1. The van der Waals surface area contributed by atoms with Crippen molar-refractivity contribution >= 4 is 32.7 Å². The van der Waals surface area contributed by atoms with Crippen LogP contribution < -0.4 is 0 Å². The van der Waals surface area contributed by atoms with E-state index < -0.39 is 10.0 Å². The van der Waals surface area contributed by atoms with Crippen molar-refractivity contribution in [3.8, 4) is 0 Å². The Kier molecular flexibility index (Phi) is 4.18. The van der Waals surface area contributed by atoms with Gasteiger partial charge in [0.25, 0.3) is 0 Å². The molecule has 0 radical (unpaired) electrons. The molecule has 28 heavy (non-hydrogen) atoms. The van der Waals surface area contributed by atoms with Gasteiger partial charge in [0.1, 0.15) is 5.65 Å². The van der Waals surface area contributed by atoms with Gasteiger partial charge in [-0.3, -0.25) is 0 Å². The third-order valence-electron chi connectivity index (χ3n) is 5.65. The lowest BCUT2D eigenvalue weighted by atomic mass is 9.98. The Morgan fingerprint density at radius 2 is 1.93 bits per heavy atom. The van der Waals surface area contributed by atoms with Crippen molar-refractivity contribution in [1.82, 2.24) is 14.3 Å². The molecule has 0 atom stereocenters. The first kappa shape index (κ1) is 17.4. The highest BCUT2D eigenvalue weighted by molar-refractivity contribution is 7.93. The van der Waals surface area contributed by atoms with Gasteiger partial charge in [-0.1, -0.05) is 30.3 Å². The Balaban J connectivity index is 1.41. The molecule has 0 saturated heterocycles. The lowest BCUT2D eigenvalue weighted by molar-refractivity contribution is 0.445. The Morgan fingerprint density at radius 3 is 2.79 bits per heavy atom. The Bertz CT molecular complexity index is 1220. The van der Waals surface area contributed by atoms with Crippen LogP contribution in [-0.4, -0.2) is 35.8 Å². The van der Waals surface area contributed by atoms with Crippen LogP contribution in [0.3, 0.4) is 0 Å². The Labute approximate surface area is 164 Å². The van der Waals surface area contributed by atoms with Crippen LogP contribution in [0.25, 0.3) is 22.7 Å². The number of aromatic nitrogens is 2. The molecule has 6 heteroatoms. The zero-order chi connectivity index (χ0) is 19.1. The van der Waals surface area contributed by atoms with Crippen molar-refractivity contribution in [1.29, 1.82) is 0 Å². The Morgan fingerprint density at radius 1 is 1.04 bits per heavy atom. The number of pyridine rings is 1. The van der Waals surface area contributed by atoms with Crippen molar-refractivity contribution in [2.24, 2.45) is 0 Å². The second-order valence-electron chi connectivity index (χ2n) is 7.25. The summed E-state index contributed by atoms with van der Waals surface area (Å²) in [5.41, 5.74) is 5.39. The first-order valence-electron chi connectivity index (χ1n) is 9.53. The predicted molar refractivity (Wildman–Crippen MR) is 112 cm³/mol. The van der Waals surface area contributed by atoms with Crippen LogP contribution in [0.15, 0.2) is 59.8 Å². The second-order valence-corrected chi connectivity index (χ2v) is 9.24. The highest BCUT2D eigenvalue weighted by Crippen LogP contribution is 2.33. The molecule has 0 fully saturated rings. The number of aromatic amines is 1. The number of allylic oxidation sites excluding steroid dienone is 1. The van der Waals surface area contributed by atoms with Crippen LogP contribution >= 0.6 is 0 Å². The molecular weight excluding hydrogens is 370 g/mol. The van der Waals surface area contributed by atoms with E-state index in [1.807, 2.05) is 48.7 Å². The zero-order valence-electron chi connectivity index (χ0n) is 15.4. The van der Waals surface area contributed by atoms with Gasteiger partial charge in [0.15, 0.2) is 0 Å². The molecule has 2 aliphatic rings. The van der Waals surface area contributed by atoms with E-state index >= 15 is 0 Å². The van der Waals surface area contributed by atoms with E-state index in [1.54, 1.807) is 10.5 Å². The molecule has 2 aromatic heterocycles. The summed E-state index contributed by atoms with van der Waals surface area (Å²) in [4.78, 5) is 8.06. The summed E-state index contributed by atoms with van der Waals surface area (Å²) in [5.74, 6) is 0. The van der Waals surface area contributed by atoms with Gasteiger partial charge in [0, 0.05) is 36.4 Å². The minimum Gasteiger partial charge on any atom is -0.346 e. The van der Waals surface area contributed by atoms with E-state index in [1.165, 1.54) is 11.1 Å². The van der Waals surface area contributed by atoms with E-state index in [4.69, 9.17) is 0 Å². The number of rotatable bonds is 3. The van der Waals surface area contributed by atoms with Gasteiger partial charge >= 0.3 is 0 Å². The van der Waals surface area contributed by atoms with Crippen molar-refractivity contribution in [3.05, 3.63) is 76.5 Å². The molecule has 3 aromatic rings. The van der Waals surface area contributed by atoms with Gasteiger partial charge in [-0.2, -0.15) is 4.31 Å². The molecule has 0 amide bonds. The lowest BCUT2D eigenvalue weighted by Crippen LogP contribution is -2.35. The van der Waals surface area contributed by atoms with E-state index in [9.17, 15) is 8.42 Å². The van der Waals surface area contributed by atoms with Crippen LogP contribution in [0.5, 0.6) is 0 Å². The van der Waals surface area contributed by atoms with Gasteiger partial charge in [0.05, 0.1) is 4.91 Å². The first-order chi connectivity index (χ1) is 13.6. The second kappa shape index (κ2) is 6.72. The molecule has 142 valence electrons. The standard InChI is InChI=1S/C22H21N3O2S/c26-28(27,19-8-7-16-4-1-2-5-18(16)14-19)25-12-9-17(10-13-25)21-15-24-22-20(21)6-3-11-23-22/h1-6,9,11,14-15H,7-8,10,12-13H2,(H,23,24). The van der Waals surface area contributed by atoms with Crippen LogP contribution in [-0.2, 0) is 16.4 Å². The summed E-state index contributed by atoms with van der Waals surface area (Å²) in [6.07, 6.45) is 9.66. The fourth-order valence-corrected chi connectivity index (χ4v) is 5.68. The minimum atomic E-state index is -3.43. The summed E-state index contributed by atoms with van der Waals surface area (Å²) in [5, 5.41) is 1.08. The highest BCUT2D eigenvalue weighted by Gasteiger charge is 2.30.